The summed E-state index contributed by atoms with van der Waals surface area (Å²) in [7, 11) is 0. The average molecular weight is 240 g/mol. The zero-order valence-electron chi connectivity index (χ0n) is 10.6. The van der Waals surface area contributed by atoms with E-state index in [2.05, 4.69) is 17.2 Å². The number of ketones is 1. The van der Waals surface area contributed by atoms with Gasteiger partial charge in [0.25, 0.3) is 0 Å². The molecule has 18 heavy (non-hydrogen) atoms. The Morgan fingerprint density at radius 1 is 1.17 bits per heavy atom. The number of carbonyl (C=O) groups is 1. The standard InChI is InChI=1S/C15H16N2O/c1-11(15-5-3-4-10-16-15)17-14-8-6-13(7-9-14)12(2)18/h3-11,17H,1-2H3. The van der Waals surface area contributed by atoms with Crippen LogP contribution in [0.1, 0.15) is 35.9 Å². The van der Waals surface area contributed by atoms with E-state index in [1.54, 1.807) is 13.1 Å². The van der Waals surface area contributed by atoms with Crippen molar-refractivity contribution in [1.29, 1.82) is 0 Å². The third-order valence-corrected chi connectivity index (χ3v) is 2.81. The lowest BCUT2D eigenvalue weighted by molar-refractivity contribution is 0.101. The van der Waals surface area contributed by atoms with Crippen LogP contribution in [0.5, 0.6) is 0 Å². The molecule has 1 atom stereocenters. The van der Waals surface area contributed by atoms with E-state index in [0.717, 1.165) is 16.9 Å². The van der Waals surface area contributed by atoms with Gasteiger partial charge in [-0.05, 0) is 50.2 Å². The molecule has 2 rings (SSSR count). The highest BCUT2D eigenvalue weighted by atomic mass is 16.1. The van der Waals surface area contributed by atoms with Gasteiger partial charge in [-0.3, -0.25) is 9.78 Å². The molecule has 0 saturated heterocycles. The maximum atomic E-state index is 11.2. The molecule has 92 valence electrons. The third-order valence-electron chi connectivity index (χ3n) is 2.81. The van der Waals surface area contributed by atoms with E-state index in [9.17, 15) is 4.79 Å². The van der Waals surface area contributed by atoms with Gasteiger partial charge in [0.1, 0.15) is 0 Å². The van der Waals surface area contributed by atoms with Gasteiger partial charge >= 0.3 is 0 Å². The lowest BCUT2D eigenvalue weighted by Crippen LogP contribution is -2.08. The van der Waals surface area contributed by atoms with Gasteiger partial charge in [-0.15, -0.1) is 0 Å². The van der Waals surface area contributed by atoms with Gasteiger partial charge in [0.05, 0.1) is 11.7 Å². The topological polar surface area (TPSA) is 42.0 Å². The Morgan fingerprint density at radius 2 is 1.89 bits per heavy atom. The van der Waals surface area contributed by atoms with Crippen LogP contribution >= 0.6 is 0 Å². The molecule has 1 aromatic heterocycles. The third kappa shape index (κ3) is 2.94. The normalized spacial score (nSPS) is 11.9. The first-order chi connectivity index (χ1) is 8.66. The predicted octanol–water partition coefficient (Wildman–Crippen LogP) is 3.46. The van der Waals surface area contributed by atoms with Crippen LogP contribution in [0, 0.1) is 0 Å². The van der Waals surface area contributed by atoms with E-state index in [1.165, 1.54) is 0 Å². The first-order valence-corrected chi connectivity index (χ1v) is 5.95. The summed E-state index contributed by atoms with van der Waals surface area (Å²) in [6.45, 7) is 3.63. The van der Waals surface area contributed by atoms with Crippen LogP contribution in [0.2, 0.25) is 0 Å². The van der Waals surface area contributed by atoms with Crippen LogP contribution in [-0.4, -0.2) is 10.8 Å². The predicted molar refractivity (Wildman–Crippen MR) is 72.7 cm³/mol. The van der Waals surface area contributed by atoms with Crippen molar-refractivity contribution >= 4 is 11.5 Å². The molecule has 0 spiro atoms. The van der Waals surface area contributed by atoms with E-state index >= 15 is 0 Å². The summed E-state index contributed by atoms with van der Waals surface area (Å²) in [6.07, 6.45) is 1.78. The number of nitrogens with zero attached hydrogens (tertiary/aromatic N) is 1. The van der Waals surface area contributed by atoms with Gasteiger partial charge in [-0.1, -0.05) is 6.07 Å². The summed E-state index contributed by atoms with van der Waals surface area (Å²) in [6, 6.07) is 13.5. The summed E-state index contributed by atoms with van der Waals surface area (Å²) in [4.78, 5) is 15.5. The maximum absolute atomic E-state index is 11.2. The molecule has 0 aliphatic rings. The quantitative estimate of drug-likeness (QED) is 0.832. The molecular weight excluding hydrogens is 224 g/mol. The van der Waals surface area contributed by atoms with Crippen molar-refractivity contribution in [3.8, 4) is 0 Å². The van der Waals surface area contributed by atoms with E-state index in [-0.39, 0.29) is 11.8 Å². The summed E-state index contributed by atoms with van der Waals surface area (Å²) in [5, 5.41) is 3.35. The zero-order valence-corrected chi connectivity index (χ0v) is 10.6. The number of anilines is 1. The number of pyridine rings is 1. The van der Waals surface area contributed by atoms with Crippen molar-refractivity contribution in [3.05, 3.63) is 59.9 Å². The highest BCUT2D eigenvalue weighted by Gasteiger charge is 2.06. The average Bonchev–Trinajstić information content (AvgIpc) is 2.40. The van der Waals surface area contributed by atoms with Crippen LogP contribution in [0.4, 0.5) is 5.69 Å². The number of aromatic nitrogens is 1. The lowest BCUT2D eigenvalue weighted by atomic mass is 10.1. The van der Waals surface area contributed by atoms with Gasteiger partial charge in [0.2, 0.25) is 0 Å². The molecule has 2 aromatic rings. The minimum absolute atomic E-state index is 0.0827. The van der Waals surface area contributed by atoms with Crippen LogP contribution in [-0.2, 0) is 0 Å². The van der Waals surface area contributed by atoms with Gasteiger partial charge in [-0.25, -0.2) is 0 Å². The fourth-order valence-electron chi connectivity index (χ4n) is 1.76. The van der Waals surface area contributed by atoms with Crippen LogP contribution in [0.3, 0.4) is 0 Å². The number of carbonyl (C=O) groups excluding carboxylic acids is 1. The molecule has 0 bridgehead atoms. The van der Waals surface area contributed by atoms with Crippen molar-refractivity contribution in [2.75, 3.05) is 5.32 Å². The Labute approximate surface area is 107 Å². The monoisotopic (exact) mass is 240 g/mol. The molecule has 0 aliphatic carbocycles. The second-order valence-corrected chi connectivity index (χ2v) is 4.25. The maximum Gasteiger partial charge on any atom is 0.159 e. The second-order valence-electron chi connectivity index (χ2n) is 4.25. The van der Waals surface area contributed by atoms with E-state index in [1.807, 2.05) is 42.5 Å². The first kappa shape index (κ1) is 12.3. The fraction of sp³-hybridized carbons (Fsp3) is 0.200. The van der Waals surface area contributed by atoms with E-state index in [4.69, 9.17) is 0 Å². The minimum atomic E-state index is 0.0827. The Bertz CT molecular complexity index is 520. The molecule has 3 heteroatoms. The van der Waals surface area contributed by atoms with Gasteiger partial charge in [-0.2, -0.15) is 0 Å². The molecule has 0 radical (unpaired) electrons. The molecule has 0 fully saturated rings. The van der Waals surface area contributed by atoms with Crippen molar-refractivity contribution in [1.82, 2.24) is 4.98 Å². The molecule has 3 nitrogen and oxygen atoms in total. The number of nitrogens with one attached hydrogen (secondary N) is 1. The van der Waals surface area contributed by atoms with Crippen LogP contribution < -0.4 is 5.32 Å². The summed E-state index contributed by atoms with van der Waals surface area (Å²) < 4.78 is 0. The number of hydrogen-bond acceptors (Lipinski definition) is 3. The van der Waals surface area contributed by atoms with Crippen molar-refractivity contribution in [2.45, 2.75) is 19.9 Å². The molecular formula is C15H16N2O. The highest BCUT2D eigenvalue weighted by Crippen LogP contribution is 2.17. The summed E-state index contributed by atoms with van der Waals surface area (Å²) in [5.74, 6) is 0.0827. The lowest BCUT2D eigenvalue weighted by Gasteiger charge is -2.14. The Kier molecular flexibility index (Phi) is 3.72. The molecule has 1 unspecified atom stereocenters. The summed E-state index contributed by atoms with van der Waals surface area (Å²) in [5.41, 5.74) is 2.71. The minimum Gasteiger partial charge on any atom is -0.377 e. The van der Waals surface area contributed by atoms with E-state index < -0.39 is 0 Å². The van der Waals surface area contributed by atoms with Gasteiger partial charge < -0.3 is 5.32 Å². The number of Topliss-reactive ketones (excluding diaryl/α,β-unsaturated/α-hetero) is 1. The van der Waals surface area contributed by atoms with Crippen LogP contribution in [0.15, 0.2) is 48.7 Å². The number of rotatable bonds is 4. The molecule has 1 aromatic carbocycles. The van der Waals surface area contributed by atoms with Crippen LogP contribution in [0.25, 0.3) is 0 Å². The highest BCUT2D eigenvalue weighted by molar-refractivity contribution is 5.94. The molecule has 0 aliphatic heterocycles. The molecule has 0 amide bonds. The molecule has 1 heterocycles. The first-order valence-electron chi connectivity index (χ1n) is 5.95. The van der Waals surface area contributed by atoms with Crippen molar-refractivity contribution < 1.29 is 4.79 Å². The smallest absolute Gasteiger partial charge is 0.159 e. The second kappa shape index (κ2) is 5.45. The number of benzene rings is 1. The molecule has 1 N–H and O–H groups in total. The van der Waals surface area contributed by atoms with E-state index in [0.29, 0.717) is 0 Å². The Balaban J connectivity index is 2.08. The van der Waals surface area contributed by atoms with Gasteiger partial charge in [0, 0.05) is 17.4 Å². The van der Waals surface area contributed by atoms with Crippen molar-refractivity contribution in [2.24, 2.45) is 0 Å². The number of hydrogen-bond donors (Lipinski definition) is 1. The largest absolute Gasteiger partial charge is 0.377 e. The zero-order chi connectivity index (χ0) is 13.0. The van der Waals surface area contributed by atoms with Gasteiger partial charge in [0.15, 0.2) is 5.78 Å². The fourth-order valence-corrected chi connectivity index (χ4v) is 1.76. The Morgan fingerprint density at radius 3 is 2.44 bits per heavy atom. The summed E-state index contributed by atoms with van der Waals surface area (Å²) >= 11 is 0. The Hall–Kier alpha value is -2.16. The molecule has 0 saturated carbocycles. The SMILES string of the molecule is CC(=O)c1ccc(NC(C)c2ccccn2)cc1. The van der Waals surface area contributed by atoms with Crippen molar-refractivity contribution in [3.63, 3.8) is 0 Å².